The molecule has 0 amide bonds. The normalized spacial score (nSPS) is 10.8. The molecule has 2 heterocycles. The van der Waals surface area contributed by atoms with Gasteiger partial charge in [0.25, 0.3) is 11.5 Å². The average molecular weight is 455 g/mol. The van der Waals surface area contributed by atoms with Crippen LogP contribution in [0.2, 0.25) is 0 Å². The summed E-state index contributed by atoms with van der Waals surface area (Å²) in [6.07, 6.45) is 2.90. The third kappa shape index (κ3) is 4.74. The van der Waals surface area contributed by atoms with Crippen LogP contribution in [-0.4, -0.2) is 32.2 Å². The van der Waals surface area contributed by atoms with E-state index < -0.39 is 5.97 Å². The van der Waals surface area contributed by atoms with Gasteiger partial charge in [0.1, 0.15) is 5.69 Å². The fraction of sp³-hybridized carbons (Fsp3) is 0.148. The fourth-order valence-electron chi connectivity index (χ4n) is 4.02. The van der Waals surface area contributed by atoms with E-state index in [1.165, 1.54) is 0 Å². The smallest absolute Gasteiger partial charge is 0.300 e. The summed E-state index contributed by atoms with van der Waals surface area (Å²) in [4.78, 5) is 29.9. The molecular formula is C27H26N4O3. The third-order valence-electron chi connectivity index (χ3n) is 5.45. The summed E-state index contributed by atoms with van der Waals surface area (Å²) in [6, 6.07) is 24.1. The Morgan fingerprint density at radius 2 is 1.71 bits per heavy atom. The fourth-order valence-corrected chi connectivity index (χ4v) is 4.02. The van der Waals surface area contributed by atoms with Gasteiger partial charge in [-0.25, -0.2) is 4.98 Å². The second-order valence-corrected chi connectivity index (χ2v) is 7.90. The average Bonchev–Trinajstić information content (AvgIpc) is 3.20. The van der Waals surface area contributed by atoms with Crippen molar-refractivity contribution in [2.45, 2.75) is 19.9 Å². The summed E-state index contributed by atoms with van der Waals surface area (Å²) in [5.41, 5.74) is 11.5. The number of para-hydroxylation sites is 2. The monoisotopic (exact) mass is 454 g/mol. The number of rotatable bonds is 5. The Balaban J connectivity index is 0.000000636. The van der Waals surface area contributed by atoms with Gasteiger partial charge in [-0.1, -0.05) is 60.7 Å². The molecule has 5 aromatic rings. The molecule has 0 saturated carbocycles. The van der Waals surface area contributed by atoms with Crippen molar-refractivity contribution in [2.24, 2.45) is 5.73 Å². The second kappa shape index (κ2) is 10.1. The summed E-state index contributed by atoms with van der Waals surface area (Å²) in [5, 5.41) is 8.43. The molecule has 3 aromatic carbocycles. The van der Waals surface area contributed by atoms with Crippen LogP contribution in [-0.2, 0) is 11.3 Å². The lowest BCUT2D eigenvalue weighted by Crippen LogP contribution is -2.11. The van der Waals surface area contributed by atoms with E-state index in [1.807, 2.05) is 60.8 Å². The van der Waals surface area contributed by atoms with Crippen LogP contribution in [0.15, 0.2) is 83.8 Å². The van der Waals surface area contributed by atoms with Gasteiger partial charge in [0.15, 0.2) is 0 Å². The number of aliphatic carboxylic acids is 1. The van der Waals surface area contributed by atoms with E-state index in [9.17, 15) is 4.79 Å². The Hall–Kier alpha value is -4.23. The highest BCUT2D eigenvalue weighted by molar-refractivity contribution is 5.97. The summed E-state index contributed by atoms with van der Waals surface area (Å²) < 4.78 is 2.16. The van der Waals surface area contributed by atoms with Crippen molar-refractivity contribution in [3.63, 3.8) is 0 Å². The van der Waals surface area contributed by atoms with E-state index in [-0.39, 0.29) is 5.56 Å². The maximum atomic E-state index is 13.0. The Kier molecular flexibility index (Phi) is 6.85. The molecule has 0 unspecified atom stereocenters. The van der Waals surface area contributed by atoms with E-state index in [1.54, 1.807) is 0 Å². The first-order chi connectivity index (χ1) is 16.5. The van der Waals surface area contributed by atoms with Crippen molar-refractivity contribution in [2.75, 3.05) is 6.54 Å². The lowest BCUT2D eigenvalue weighted by atomic mass is 10.0. The van der Waals surface area contributed by atoms with Gasteiger partial charge in [-0.05, 0) is 30.7 Å². The zero-order chi connectivity index (χ0) is 24.1. The number of nitrogens with two attached hydrogens (primary N) is 1. The van der Waals surface area contributed by atoms with Crippen LogP contribution < -0.4 is 11.3 Å². The first kappa shape index (κ1) is 22.9. The topological polar surface area (TPSA) is 114 Å². The van der Waals surface area contributed by atoms with Crippen LogP contribution in [0.5, 0.6) is 0 Å². The van der Waals surface area contributed by atoms with E-state index >= 15 is 0 Å². The molecule has 4 N–H and O–H groups in total. The molecule has 0 atom stereocenters. The molecule has 7 nitrogen and oxygen atoms in total. The number of aromatic nitrogens is 3. The van der Waals surface area contributed by atoms with Crippen LogP contribution >= 0.6 is 0 Å². The van der Waals surface area contributed by atoms with Crippen molar-refractivity contribution in [1.82, 2.24) is 14.5 Å². The number of H-pyrrole nitrogens is 1. The molecule has 172 valence electrons. The van der Waals surface area contributed by atoms with Gasteiger partial charge < -0.3 is 20.4 Å². The van der Waals surface area contributed by atoms with Crippen molar-refractivity contribution in [3.8, 4) is 22.4 Å². The Bertz CT molecular complexity index is 1500. The van der Waals surface area contributed by atoms with Gasteiger partial charge >= 0.3 is 0 Å². The van der Waals surface area contributed by atoms with Crippen LogP contribution in [0, 0.1) is 0 Å². The maximum Gasteiger partial charge on any atom is 0.300 e. The lowest BCUT2D eigenvalue weighted by molar-refractivity contribution is -0.134. The van der Waals surface area contributed by atoms with Gasteiger partial charge in [0.05, 0.1) is 11.0 Å². The van der Waals surface area contributed by atoms with Crippen molar-refractivity contribution in [1.29, 1.82) is 0 Å². The minimum Gasteiger partial charge on any atom is -0.481 e. The zero-order valence-corrected chi connectivity index (χ0v) is 18.9. The molecule has 0 fully saturated rings. The van der Waals surface area contributed by atoms with E-state index in [0.29, 0.717) is 12.2 Å². The van der Waals surface area contributed by atoms with Gasteiger partial charge in [0, 0.05) is 41.7 Å². The Morgan fingerprint density at radius 3 is 2.44 bits per heavy atom. The quantitative estimate of drug-likeness (QED) is 0.358. The number of hydrogen-bond donors (Lipinski definition) is 3. The van der Waals surface area contributed by atoms with E-state index in [0.717, 1.165) is 58.5 Å². The van der Waals surface area contributed by atoms with Crippen LogP contribution in [0.3, 0.4) is 0 Å². The molecule has 0 aliphatic heterocycles. The summed E-state index contributed by atoms with van der Waals surface area (Å²) in [5.74, 6) is -0.833. The minimum absolute atomic E-state index is 0.186. The summed E-state index contributed by atoms with van der Waals surface area (Å²) >= 11 is 0. The van der Waals surface area contributed by atoms with Crippen LogP contribution in [0.1, 0.15) is 13.3 Å². The molecule has 0 bridgehead atoms. The minimum atomic E-state index is -0.833. The number of carboxylic acid groups (broad SMARTS) is 1. The number of aryl methyl sites for hydroxylation is 1. The Morgan fingerprint density at radius 1 is 1.00 bits per heavy atom. The molecule has 2 aromatic heterocycles. The summed E-state index contributed by atoms with van der Waals surface area (Å²) in [7, 11) is 0. The summed E-state index contributed by atoms with van der Waals surface area (Å²) in [6.45, 7) is 2.51. The standard InChI is InChI=1S/C25H22N4O.C2H4O2/c26-14-7-15-29-16-20(19-10-4-5-13-22(19)29)24-25(30)27-21-12-6-11-18(23(21)28-24)17-8-2-1-3-9-17;1-2(3)4/h1-6,8-13,16H,7,14-15,26H2,(H,27,30);1H3,(H,3,4). The molecule has 5 rings (SSSR count). The SMILES string of the molecule is CC(=O)O.NCCCn1cc(-c2nc3c(-c4ccccc4)cccc3[nH]c2=O)c2ccccc21. The lowest BCUT2D eigenvalue weighted by Gasteiger charge is -2.08. The van der Waals surface area contributed by atoms with E-state index in [2.05, 4.69) is 27.8 Å². The molecule has 7 heteroatoms. The number of carboxylic acids is 1. The third-order valence-corrected chi connectivity index (χ3v) is 5.45. The van der Waals surface area contributed by atoms with E-state index in [4.69, 9.17) is 20.6 Å². The largest absolute Gasteiger partial charge is 0.481 e. The number of nitrogens with one attached hydrogen (secondary N) is 1. The number of carbonyl (C=O) groups is 1. The van der Waals surface area contributed by atoms with Crippen LogP contribution in [0.4, 0.5) is 0 Å². The van der Waals surface area contributed by atoms with Crippen molar-refractivity contribution in [3.05, 3.63) is 89.3 Å². The number of fused-ring (bicyclic) bond motifs is 2. The number of aromatic amines is 1. The van der Waals surface area contributed by atoms with Crippen molar-refractivity contribution < 1.29 is 9.90 Å². The highest BCUT2D eigenvalue weighted by Gasteiger charge is 2.16. The molecule has 0 radical (unpaired) electrons. The molecule has 0 aliphatic carbocycles. The van der Waals surface area contributed by atoms with Crippen LogP contribution in [0.25, 0.3) is 44.3 Å². The molecule has 0 aliphatic rings. The maximum absolute atomic E-state index is 13.0. The molecule has 0 spiro atoms. The van der Waals surface area contributed by atoms with Gasteiger partial charge in [0.2, 0.25) is 0 Å². The molecule has 0 saturated heterocycles. The predicted octanol–water partition coefficient (Wildman–Crippen LogP) is 4.65. The Labute approximate surface area is 196 Å². The number of hydrogen-bond acceptors (Lipinski definition) is 4. The molecular weight excluding hydrogens is 428 g/mol. The van der Waals surface area contributed by atoms with Gasteiger partial charge in [-0.3, -0.25) is 9.59 Å². The highest BCUT2D eigenvalue weighted by Crippen LogP contribution is 2.31. The van der Waals surface area contributed by atoms with Crippen molar-refractivity contribution >= 4 is 27.9 Å². The number of nitrogens with zero attached hydrogens (tertiary/aromatic N) is 2. The zero-order valence-electron chi connectivity index (χ0n) is 18.9. The predicted molar refractivity (Wildman–Crippen MR) is 136 cm³/mol. The van der Waals surface area contributed by atoms with Gasteiger partial charge in [-0.2, -0.15) is 0 Å². The second-order valence-electron chi connectivity index (χ2n) is 7.90. The first-order valence-corrected chi connectivity index (χ1v) is 11.1. The highest BCUT2D eigenvalue weighted by atomic mass is 16.4. The first-order valence-electron chi connectivity index (χ1n) is 11.1. The number of benzene rings is 3. The molecule has 34 heavy (non-hydrogen) atoms. The van der Waals surface area contributed by atoms with Gasteiger partial charge in [-0.15, -0.1) is 0 Å².